The number of carbonyl (C=O) groups excluding carboxylic acids is 2. The van der Waals surface area contributed by atoms with Gasteiger partial charge in [0, 0.05) is 42.1 Å². The highest BCUT2D eigenvalue weighted by Gasteiger charge is 2.37. The predicted molar refractivity (Wildman–Crippen MR) is 107 cm³/mol. The van der Waals surface area contributed by atoms with Gasteiger partial charge in [0.25, 0.3) is 0 Å². The second-order valence-corrected chi connectivity index (χ2v) is 7.47. The van der Waals surface area contributed by atoms with Gasteiger partial charge in [0.05, 0.1) is 5.69 Å². The lowest BCUT2D eigenvalue weighted by atomic mass is 10.1. The molecular formula is C20H19BrN4O2. The fourth-order valence-corrected chi connectivity index (χ4v) is 3.76. The third-order valence-electron chi connectivity index (χ3n) is 4.74. The molecule has 1 aromatic carbocycles. The second-order valence-electron chi connectivity index (χ2n) is 6.55. The van der Waals surface area contributed by atoms with E-state index < -0.39 is 5.92 Å². The highest BCUT2D eigenvalue weighted by molar-refractivity contribution is 9.10. The Balaban J connectivity index is 1.34. The van der Waals surface area contributed by atoms with E-state index in [2.05, 4.69) is 26.2 Å². The normalized spacial score (nSPS) is 16.9. The minimum absolute atomic E-state index is 0.140. The van der Waals surface area contributed by atoms with Crippen LogP contribution in [0.5, 0.6) is 0 Å². The maximum absolute atomic E-state index is 12.6. The number of anilines is 1. The van der Waals surface area contributed by atoms with E-state index >= 15 is 0 Å². The van der Waals surface area contributed by atoms with Gasteiger partial charge < -0.3 is 14.6 Å². The summed E-state index contributed by atoms with van der Waals surface area (Å²) in [6.07, 6.45) is 5.06. The first kappa shape index (κ1) is 17.7. The smallest absolute Gasteiger partial charge is 0.239 e. The van der Waals surface area contributed by atoms with Crippen LogP contribution in [0.15, 0.2) is 59.3 Å². The van der Waals surface area contributed by atoms with Crippen molar-refractivity contribution in [1.82, 2.24) is 14.7 Å². The van der Waals surface area contributed by atoms with Crippen molar-refractivity contribution in [3.8, 4) is 0 Å². The van der Waals surface area contributed by atoms with Crippen LogP contribution in [0.4, 0.5) is 5.69 Å². The van der Waals surface area contributed by atoms with E-state index in [0.29, 0.717) is 25.9 Å². The minimum Gasteiger partial charge on any atom is -0.355 e. The summed E-state index contributed by atoms with van der Waals surface area (Å²) in [5, 5.41) is 2.89. The molecule has 1 aliphatic heterocycles. The van der Waals surface area contributed by atoms with Crippen molar-refractivity contribution in [3.63, 3.8) is 0 Å². The van der Waals surface area contributed by atoms with Gasteiger partial charge in [0.1, 0.15) is 11.6 Å². The first-order valence-electron chi connectivity index (χ1n) is 8.89. The van der Waals surface area contributed by atoms with Crippen molar-refractivity contribution >= 4 is 39.1 Å². The average molecular weight is 427 g/mol. The molecule has 138 valence electrons. The molecule has 6 nitrogen and oxygen atoms in total. The molecule has 1 aliphatic rings. The Hall–Kier alpha value is -2.67. The van der Waals surface area contributed by atoms with Crippen LogP contribution in [0, 0.1) is 5.92 Å². The molecular weight excluding hydrogens is 408 g/mol. The molecule has 1 N–H and O–H groups in total. The van der Waals surface area contributed by atoms with Crippen LogP contribution in [-0.4, -0.2) is 34.3 Å². The van der Waals surface area contributed by atoms with Crippen LogP contribution in [0.25, 0.3) is 5.65 Å². The lowest BCUT2D eigenvalue weighted by Crippen LogP contribution is -2.37. The third kappa shape index (κ3) is 3.73. The quantitative estimate of drug-likeness (QED) is 0.637. The van der Waals surface area contributed by atoms with Crippen molar-refractivity contribution in [2.75, 3.05) is 18.0 Å². The molecule has 0 spiro atoms. The monoisotopic (exact) mass is 426 g/mol. The predicted octanol–water partition coefficient (Wildman–Crippen LogP) is 2.81. The zero-order chi connectivity index (χ0) is 18.8. The Labute approximate surface area is 165 Å². The number of benzene rings is 1. The van der Waals surface area contributed by atoms with E-state index in [1.807, 2.05) is 59.3 Å². The molecule has 1 unspecified atom stereocenters. The number of nitrogens with zero attached hydrogens (tertiary/aromatic N) is 3. The molecule has 4 rings (SSSR count). The fourth-order valence-electron chi connectivity index (χ4n) is 3.37. The summed E-state index contributed by atoms with van der Waals surface area (Å²) in [5.74, 6) is -0.968. The summed E-state index contributed by atoms with van der Waals surface area (Å²) < 4.78 is 2.86. The van der Waals surface area contributed by atoms with Gasteiger partial charge in [0.15, 0.2) is 0 Å². The molecule has 2 aromatic heterocycles. The van der Waals surface area contributed by atoms with Crippen LogP contribution in [0.1, 0.15) is 12.1 Å². The number of hydrogen-bond donors (Lipinski definition) is 1. The largest absolute Gasteiger partial charge is 0.355 e. The molecule has 1 atom stereocenters. The van der Waals surface area contributed by atoms with E-state index in [4.69, 9.17) is 0 Å². The van der Waals surface area contributed by atoms with Gasteiger partial charge in [-0.2, -0.15) is 0 Å². The van der Waals surface area contributed by atoms with Crippen LogP contribution >= 0.6 is 15.9 Å². The van der Waals surface area contributed by atoms with E-state index in [0.717, 1.165) is 21.5 Å². The van der Waals surface area contributed by atoms with E-state index in [1.165, 1.54) is 0 Å². The molecule has 0 saturated carbocycles. The standard InChI is InChI=1S/C20H19BrN4O2/c21-14-4-3-5-16(12-14)25-11-8-17(20(25)27)19(26)22-9-7-15-13-24-10-2-1-6-18(24)23-15/h1-6,10,12-13,17H,7-9,11H2,(H,22,26). The van der Waals surface area contributed by atoms with Crippen LogP contribution in [0.2, 0.25) is 0 Å². The van der Waals surface area contributed by atoms with Gasteiger partial charge in [-0.05, 0) is 36.8 Å². The van der Waals surface area contributed by atoms with E-state index in [-0.39, 0.29) is 11.8 Å². The number of rotatable bonds is 5. The minimum atomic E-state index is -0.620. The number of halogens is 1. The van der Waals surface area contributed by atoms with Crippen molar-refractivity contribution < 1.29 is 9.59 Å². The number of carbonyl (C=O) groups is 2. The zero-order valence-electron chi connectivity index (χ0n) is 14.6. The molecule has 3 heterocycles. The molecule has 7 heteroatoms. The summed E-state index contributed by atoms with van der Waals surface area (Å²) in [7, 11) is 0. The van der Waals surface area contributed by atoms with Crippen molar-refractivity contribution in [3.05, 3.63) is 65.0 Å². The average Bonchev–Trinajstić information content (AvgIpc) is 3.24. The van der Waals surface area contributed by atoms with Gasteiger partial charge >= 0.3 is 0 Å². The number of fused-ring (bicyclic) bond motifs is 1. The van der Waals surface area contributed by atoms with Crippen molar-refractivity contribution in [1.29, 1.82) is 0 Å². The number of aromatic nitrogens is 2. The molecule has 0 aliphatic carbocycles. The van der Waals surface area contributed by atoms with Crippen LogP contribution in [-0.2, 0) is 16.0 Å². The summed E-state index contributed by atoms with van der Waals surface area (Å²) in [6, 6.07) is 13.4. The fraction of sp³-hybridized carbons (Fsp3) is 0.250. The van der Waals surface area contributed by atoms with Crippen LogP contribution in [0.3, 0.4) is 0 Å². The Morgan fingerprint density at radius 3 is 2.96 bits per heavy atom. The summed E-state index contributed by atoms with van der Waals surface area (Å²) >= 11 is 3.42. The molecule has 2 amide bonds. The SMILES string of the molecule is O=C(NCCc1cn2ccccc2n1)C1CCN(c2cccc(Br)c2)C1=O. The van der Waals surface area contributed by atoms with Gasteiger partial charge in [0.2, 0.25) is 11.8 Å². The van der Waals surface area contributed by atoms with Gasteiger partial charge in [-0.3, -0.25) is 9.59 Å². The first-order chi connectivity index (χ1) is 13.1. The Kier molecular flexibility index (Phi) is 4.94. The number of imidazole rings is 1. The highest BCUT2D eigenvalue weighted by Crippen LogP contribution is 2.27. The van der Waals surface area contributed by atoms with E-state index in [9.17, 15) is 9.59 Å². The number of amides is 2. The Bertz CT molecular complexity index is 967. The molecule has 3 aromatic rings. The molecule has 27 heavy (non-hydrogen) atoms. The lowest BCUT2D eigenvalue weighted by Gasteiger charge is -2.17. The number of pyridine rings is 1. The third-order valence-corrected chi connectivity index (χ3v) is 5.23. The second kappa shape index (κ2) is 7.52. The topological polar surface area (TPSA) is 66.7 Å². The lowest BCUT2D eigenvalue weighted by molar-refractivity contribution is -0.132. The summed E-state index contributed by atoms with van der Waals surface area (Å²) in [6.45, 7) is 1.02. The van der Waals surface area contributed by atoms with Crippen molar-refractivity contribution in [2.24, 2.45) is 5.92 Å². The molecule has 0 bridgehead atoms. The Morgan fingerprint density at radius 2 is 2.15 bits per heavy atom. The first-order valence-corrected chi connectivity index (χ1v) is 9.68. The number of hydrogen-bond acceptors (Lipinski definition) is 3. The Morgan fingerprint density at radius 1 is 1.26 bits per heavy atom. The molecule has 0 radical (unpaired) electrons. The summed E-state index contributed by atoms with van der Waals surface area (Å²) in [4.78, 5) is 31.3. The summed E-state index contributed by atoms with van der Waals surface area (Å²) in [5.41, 5.74) is 2.61. The van der Waals surface area contributed by atoms with Crippen molar-refractivity contribution in [2.45, 2.75) is 12.8 Å². The molecule has 1 saturated heterocycles. The van der Waals surface area contributed by atoms with Crippen LogP contribution < -0.4 is 10.2 Å². The maximum Gasteiger partial charge on any atom is 0.239 e. The zero-order valence-corrected chi connectivity index (χ0v) is 16.2. The van der Waals surface area contributed by atoms with Gasteiger partial charge in [-0.25, -0.2) is 4.98 Å². The molecule has 1 fully saturated rings. The van der Waals surface area contributed by atoms with E-state index in [1.54, 1.807) is 4.90 Å². The van der Waals surface area contributed by atoms with Gasteiger partial charge in [-0.15, -0.1) is 0 Å². The van der Waals surface area contributed by atoms with Gasteiger partial charge in [-0.1, -0.05) is 28.1 Å². The maximum atomic E-state index is 12.6. The number of nitrogens with one attached hydrogen (secondary N) is 1. The highest BCUT2D eigenvalue weighted by atomic mass is 79.9.